The van der Waals surface area contributed by atoms with Crippen molar-refractivity contribution in [1.82, 2.24) is 4.98 Å². The van der Waals surface area contributed by atoms with E-state index in [0.717, 1.165) is 36.9 Å². The Balaban J connectivity index is 2.38. The highest BCUT2D eigenvalue weighted by Crippen LogP contribution is 2.31. The van der Waals surface area contributed by atoms with Gasteiger partial charge in [0.05, 0.1) is 5.56 Å². The number of carboxylic acid groups (broad SMARTS) is 1. The van der Waals surface area contributed by atoms with E-state index in [2.05, 4.69) is 18.8 Å². The zero-order chi connectivity index (χ0) is 12.4. The highest BCUT2D eigenvalue weighted by molar-refractivity contribution is 7.99. The molecule has 1 aromatic rings. The predicted octanol–water partition coefficient (Wildman–Crippen LogP) is 3.16. The topological polar surface area (TPSA) is 50.2 Å². The minimum atomic E-state index is -0.863. The Bertz CT molecular complexity index is 445. The average Bonchev–Trinajstić information content (AvgIpc) is 2.74. The van der Waals surface area contributed by atoms with Crippen molar-refractivity contribution in [2.75, 3.05) is 0 Å². The highest BCUT2D eigenvalue weighted by atomic mass is 32.2. The van der Waals surface area contributed by atoms with Crippen LogP contribution < -0.4 is 0 Å². The third-order valence-electron chi connectivity index (χ3n) is 3.13. The molecule has 0 aromatic carbocycles. The first-order valence-electron chi connectivity index (χ1n) is 6.04. The third kappa shape index (κ3) is 2.63. The van der Waals surface area contributed by atoms with Crippen LogP contribution in [0.4, 0.5) is 0 Å². The number of aryl methyl sites for hydroxylation is 2. The molecular weight excluding hydrogens is 234 g/mol. The molecule has 0 radical (unpaired) electrons. The largest absolute Gasteiger partial charge is 0.478 e. The quantitative estimate of drug-likeness (QED) is 0.835. The van der Waals surface area contributed by atoms with E-state index in [1.807, 2.05) is 6.07 Å². The van der Waals surface area contributed by atoms with Gasteiger partial charge in [0.25, 0.3) is 0 Å². The Morgan fingerprint density at radius 1 is 1.59 bits per heavy atom. The van der Waals surface area contributed by atoms with Gasteiger partial charge < -0.3 is 5.11 Å². The van der Waals surface area contributed by atoms with Gasteiger partial charge >= 0.3 is 5.97 Å². The lowest BCUT2D eigenvalue weighted by Gasteiger charge is -2.11. The molecule has 2 rings (SSSR count). The second kappa shape index (κ2) is 5.08. The van der Waals surface area contributed by atoms with E-state index in [4.69, 9.17) is 0 Å². The maximum Gasteiger partial charge on any atom is 0.338 e. The van der Waals surface area contributed by atoms with Gasteiger partial charge in [0.2, 0.25) is 0 Å². The maximum atomic E-state index is 11.2. The van der Waals surface area contributed by atoms with Crippen molar-refractivity contribution in [2.45, 2.75) is 49.8 Å². The summed E-state index contributed by atoms with van der Waals surface area (Å²) in [4.78, 5) is 15.8. The second-order valence-corrected chi connectivity index (χ2v) is 5.87. The van der Waals surface area contributed by atoms with Crippen molar-refractivity contribution < 1.29 is 9.90 Å². The van der Waals surface area contributed by atoms with Gasteiger partial charge in [0.1, 0.15) is 5.03 Å². The molecule has 3 nitrogen and oxygen atoms in total. The number of rotatable bonds is 4. The van der Waals surface area contributed by atoms with Gasteiger partial charge in [0, 0.05) is 10.9 Å². The smallest absolute Gasteiger partial charge is 0.338 e. The first kappa shape index (κ1) is 12.4. The lowest BCUT2D eigenvalue weighted by molar-refractivity contribution is 0.0692. The third-order valence-corrected chi connectivity index (χ3v) is 4.40. The number of aromatic nitrogens is 1. The molecule has 0 spiro atoms. The number of hydrogen-bond donors (Lipinski definition) is 1. The van der Waals surface area contributed by atoms with Gasteiger partial charge in [0.15, 0.2) is 0 Å². The van der Waals surface area contributed by atoms with Crippen LogP contribution in [0.5, 0.6) is 0 Å². The second-order valence-electron chi connectivity index (χ2n) is 4.44. The zero-order valence-electron chi connectivity index (χ0n) is 10.2. The average molecular weight is 251 g/mol. The normalized spacial score (nSPS) is 15.6. The standard InChI is InChI=1S/C13H17NO2S/c1-3-8(2)17-12-10(13(15)16)7-9-5-4-6-11(9)14-12/h7-8H,3-6H2,1-2H3,(H,15,16). The van der Waals surface area contributed by atoms with Crippen LogP contribution >= 0.6 is 11.8 Å². The van der Waals surface area contributed by atoms with Crippen molar-refractivity contribution in [3.05, 3.63) is 22.9 Å². The number of hydrogen-bond acceptors (Lipinski definition) is 3. The monoisotopic (exact) mass is 251 g/mol. The lowest BCUT2D eigenvalue weighted by atomic mass is 10.1. The number of fused-ring (bicyclic) bond motifs is 1. The molecule has 0 aliphatic heterocycles. The van der Waals surface area contributed by atoms with E-state index in [1.54, 1.807) is 11.8 Å². The van der Waals surface area contributed by atoms with Crippen LogP contribution in [0.3, 0.4) is 0 Å². The Morgan fingerprint density at radius 3 is 3.00 bits per heavy atom. The number of aromatic carboxylic acids is 1. The van der Waals surface area contributed by atoms with Gasteiger partial charge in [-0.15, -0.1) is 11.8 Å². The van der Waals surface area contributed by atoms with Crippen LogP contribution in [-0.2, 0) is 12.8 Å². The summed E-state index contributed by atoms with van der Waals surface area (Å²) in [5.41, 5.74) is 2.59. The summed E-state index contributed by atoms with van der Waals surface area (Å²) < 4.78 is 0. The van der Waals surface area contributed by atoms with Crippen molar-refractivity contribution in [3.8, 4) is 0 Å². The van der Waals surface area contributed by atoms with Crippen LogP contribution in [-0.4, -0.2) is 21.3 Å². The Kier molecular flexibility index (Phi) is 3.72. The van der Waals surface area contributed by atoms with Gasteiger partial charge in [-0.3, -0.25) is 0 Å². The van der Waals surface area contributed by atoms with Crippen molar-refractivity contribution in [3.63, 3.8) is 0 Å². The summed E-state index contributed by atoms with van der Waals surface area (Å²) in [5.74, 6) is -0.863. The molecule has 0 fully saturated rings. The minimum Gasteiger partial charge on any atom is -0.478 e. The first-order valence-corrected chi connectivity index (χ1v) is 6.92. The molecule has 1 aromatic heterocycles. The molecule has 1 atom stereocenters. The predicted molar refractivity (Wildman–Crippen MR) is 68.8 cm³/mol. The van der Waals surface area contributed by atoms with E-state index >= 15 is 0 Å². The molecule has 0 bridgehead atoms. The van der Waals surface area contributed by atoms with E-state index in [0.29, 0.717) is 15.8 Å². The molecule has 0 amide bonds. The molecule has 4 heteroatoms. The van der Waals surface area contributed by atoms with E-state index in [-0.39, 0.29) is 0 Å². The van der Waals surface area contributed by atoms with Crippen LogP contribution in [0.15, 0.2) is 11.1 Å². The summed E-state index contributed by atoms with van der Waals surface area (Å²) in [6.07, 6.45) is 4.07. The number of thioether (sulfide) groups is 1. The van der Waals surface area contributed by atoms with E-state index in [1.165, 1.54) is 0 Å². The van der Waals surface area contributed by atoms with Gasteiger partial charge in [-0.05, 0) is 37.3 Å². The first-order chi connectivity index (χ1) is 8.11. The van der Waals surface area contributed by atoms with Crippen LogP contribution in [0.2, 0.25) is 0 Å². The fraction of sp³-hybridized carbons (Fsp3) is 0.538. The van der Waals surface area contributed by atoms with Crippen molar-refractivity contribution in [2.24, 2.45) is 0 Å². The Morgan fingerprint density at radius 2 is 2.35 bits per heavy atom. The zero-order valence-corrected chi connectivity index (χ0v) is 11.0. The molecule has 1 heterocycles. The number of carboxylic acids is 1. The van der Waals surface area contributed by atoms with Crippen molar-refractivity contribution >= 4 is 17.7 Å². The minimum absolute atomic E-state index is 0.371. The maximum absolute atomic E-state index is 11.2. The van der Waals surface area contributed by atoms with Crippen LogP contribution in [0.25, 0.3) is 0 Å². The molecule has 1 unspecified atom stereocenters. The Labute approximate surface area is 106 Å². The summed E-state index contributed by atoms with van der Waals surface area (Å²) >= 11 is 1.57. The van der Waals surface area contributed by atoms with Crippen LogP contribution in [0, 0.1) is 0 Å². The van der Waals surface area contributed by atoms with E-state index < -0.39 is 5.97 Å². The van der Waals surface area contributed by atoms with Gasteiger partial charge in [-0.25, -0.2) is 9.78 Å². The van der Waals surface area contributed by atoms with Crippen LogP contribution in [0.1, 0.15) is 48.3 Å². The molecule has 1 aliphatic rings. The Hall–Kier alpha value is -1.03. The summed E-state index contributed by atoms with van der Waals surface area (Å²) in [6.45, 7) is 4.21. The fourth-order valence-electron chi connectivity index (χ4n) is 1.97. The summed E-state index contributed by atoms with van der Waals surface area (Å²) in [5, 5.41) is 10.3. The van der Waals surface area contributed by atoms with Crippen molar-refractivity contribution in [1.29, 1.82) is 0 Å². The summed E-state index contributed by atoms with van der Waals surface area (Å²) in [6, 6.07) is 1.82. The molecule has 0 saturated heterocycles. The lowest BCUT2D eigenvalue weighted by Crippen LogP contribution is -2.06. The molecular formula is C13H17NO2S. The van der Waals surface area contributed by atoms with Gasteiger partial charge in [-0.2, -0.15) is 0 Å². The molecule has 92 valence electrons. The van der Waals surface area contributed by atoms with Gasteiger partial charge in [-0.1, -0.05) is 13.8 Å². The number of pyridine rings is 1. The summed E-state index contributed by atoms with van der Waals surface area (Å²) in [7, 11) is 0. The molecule has 0 saturated carbocycles. The molecule has 1 aliphatic carbocycles. The molecule has 17 heavy (non-hydrogen) atoms. The van der Waals surface area contributed by atoms with E-state index in [9.17, 15) is 9.90 Å². The highest BCUT2D eigenvalue weighted by Gasteiger charge is 2.21. The SMILES string of the molecule is CCC(C)Sc1nc2c(cc1C(=O)O)CCC2. The molecule has 1 N–H and O–H groups in total. The fourth-order valence-corrected chi connectivity index (χ4v) is 2.95. The number of carbonyl (C=O) groups is 1. The number of nitrogens with zero attached hydrogens (tertiary/aromatic N) is 1.